The zero-order valence-electron chi connectivity index (χ0n) is 18.6. The minimum atomic E-state index is -0.545. The highest BCUT2D eigenvalue weighted by atomic mass is 32.2. The van der Waals surface area contributed by atoms with Crippen molar-refractivity contribution in [2.24, 2.45) is 0 Å². The topological polar surface area (TPSA) is 103 Å². The van der Waals surface area contributed by atoms with E-state index in [1.165, 1.54) is 7.11 Å². The standard InChI is InChI=1S/C24H22N2O7S/c1-4-5-15-8-14(9-19(30-2)22(15)31-3)10-20-23(28)26(24(29)34-20)12-21(27)25-16-6-7-17-18(11-16)33-13-32-17/h4,6-11H,1,5,12-13H2,2-3H3,(H,25,27)/b20-10-. The fraction of sp³-hybridized carbons (Fsp3) is 0.208. The largest absolute Gasteiger partial charge is 0.493 e. The molecule has 2 aliphatic rings. The van der Waals surface area contributed by atoms with E-state index in [1.54, 1.807) is 43.5 Å². The second-order valence-corrected chi connectivity index (χ2v) is 8.29. The number of imide groups is 1. The molecule has 3 amide bonds. The number of methoxy groups -OCH3 is 2. The molecule has 0 atom stereocenters. The Morgan fingerprint density at radius 3 is 2.71 bits per heavy atom. The smallest absolute Gasteiger partial charge is 0.294 e. The third kappa shape index (κ3) is 4.72. The third-order valence-electron chi connectivity index (χ3n) is 5.07. The van der Waals surface area contributed by atoms with Crippen LogP contribution in [-0.4, -0.2) is 49.5 Å². The summed E-state index contributed by atoms with van der Waals surface area (Å²) in [5.74, 6) is 1.11. The van der Waals surface area contributed by atoms with Crippen LogP contribution in [0.25, 0.3) is 6.08 Å². The molecule has 0 radical (unpaired) electrons. The number of benzene rings is 2. The maximum Gasteiger partial charge on any atom is 0.294 e. The number of allylic oxidation sites excluding steroid dienone is 1. The zero-order valence-corrected chi connectivity index (χ0v) is 19.4. The van der Waals surface area contributed by atoms with Crippen molar-refractivity contribution in [1.82, 2.24) is 4.90 Å². The van der Waals surface area contributed by atoms with E-state index < -0.39 is 23.6 Å². The van der Waals surface area contributed by atoms with E-state index in [9.17, 15) is 14.4 Å². The van der Waals surface area contributed by atoms with Crippen LogP contribution in [-0.2, 0) is 16.0 Å². The van der Waals surface area contributed by atoms with Gasteiger partial charge in [-0.25, -0.2) is 0 Å². The first-order chi connectivity index (χ1) is 16.4. The Labute approximate surface area is 200 Å². The van der Waals surface area contributed by atoms with Crippen LogP contribution < -0.4 is 24.3 Å². The van der Waals surface area contributed by atoms with Crippen LogP contribution in [0.3, 0.4) is 0 Å². The van der Waals surface area contributed by atoms with Crippen molar-refractivity contribution >= 4 is 40.6 Å². The second-order valence-electron chi connectivity index (χ2n) is 7.29. The van der Waals surface area contributed by atoms with Gasteiger partial charge >= 0.3 is 0 Å². The van der Waals surface area contributed by atoms with Crippen LogP contribution in [0.1, 0.15) is 11.1 Å². The predicted octanol–water partition coefficient (Wildman–Crippen LogP) is 3.84. The molecule has 1 N–H and O–H groups in total. The van der Waals surface area contributed by atoms with Gasteiger partial charge in [-0.2, -0.15) is 0 Å². The Hall–Kier alpha value is -3.92. The number of anilines is 1. The van der Waals surface area contributed by atoms with Crippen molar-refractivity contribution in [3.8, 4) is 23.0 Å². The van der Waals surface area contributed by atoms with Gasteiger partial charge in [0.05, 0.1) is 19.1 Å². The average molecular weight is 483 g/mol. The number of hydrogen-bond donors (Lipinski definition) is 1. The van der Waals surface area contributed by atoms with Gasteiger partial charge in [-0.1, -0.05) is 6.08 Å². The molecule has 2 aromatic rings. The maximum atomic E-state index is 12.9. The monoisotopic (exact) mass is 482 g/mol. The molecule has 2 heterocycles. The number of carbonyl (C=O) groups is 3. The van der Waals surface area contributed by atoms with Gasteiger partial charge in [0.2, 0.25) is 12.7 Å². The minimum absolute atomic E-state index is 0.116. The van der Waals surface area contributed by atoms with Gasteiger partial charge in [0.1, 0.15) is 6.54 Å². The Morgan fingerprint density at radius 1 is 1.18 bits per heavy atom. The maximum absolute atomic E-state index is 12.9. The van der Waals surface area contributed by atoms with Crippen LogP contribution in [0, 0.1) is 0 Å². The summed E-state index contributed by atoms with van der Waals surface area (Å²) >= 11 is 0.774. The Kier molecular flexibility index (Phi) is 6.78. The van der Waals surface area contributed by atoms with Gasteiger partial charge in [-0.05, 0) is 54.1 Å². The molecule has 4 rings (SSSR count). The zero-order chi connectivity index (χ0) is 24.2. The van der Waals surface area contributed by atoms with Crippen LogP contribution in [0.2, 0.25) is 0 Å². The van der Waals surface area contributed by atoms with E-state index >= 15 is 0 Å². The number of thioether (sulfide) groups is 1. The number of nitrogens with zero attached hydrogens (tertiary/aromatic N) is 1. The summed E-state index contributed by atoms with van der Waals surface area (Å²) in [6, 6.07) is 8.49. The molecule has 1 saturated heterocycles. The number of fused-ring (bicyclic) bond motifs is 1. The van der Waals surface area contributed by atoms with Crippen molar-refractivity contribution in [2.75, 3.05) is 32.9 Å². The van der Waals surface area contributed by atoms with Gasteiger partial charge in [0, 0.05) is 17.3 Å². The molecule has 0 aliphatic carbocycles. The van der Waals surface area contributed by atoms with Crippen molar-refractivity contribution in [1.29, 1.82) is 0 Å². The summed E-state index contributed by atoms with van der Waals surface area (Å²) in [7, 11) is 3.07. The Bertz CT molecular complexity index is 1210. The van der Waals surface area contributed by atoms with Crippen molar-refractivity contribution in [3.05, 3.63) is 59.0 Å². The molecule has 1 fully saturated rings. The number of hydrogen-bond acceptors (Lipinski definition) is 8. The highest BCUT2D eigenvalue weighted by Crippen LogP contribution is 2.37. The molecule has 10 heteroatoms. The molecular formula is C24H22N2O7S. The van der Waals surface area contributed by atoms with Crippen LogP contribution in [0.4, 0.5) is 10.5 Å². The number of ether oxygens (including phenoxy) is 4. The molecule has 2 aliphatic heterocycles. The molecule has 0 unspecified atom stereocenters. The van der Waals surface area contributed by atoms with E-state index in [2.05, 4.69) is 11.9 Å². The normalized spacial score (nSPS) is 15.6. The average Bonchev–Trinajstić information content (AvgIpc) is 3.38. The summed E-state index contributed by atoms with van der Waals surface area (Å²) in [5.41, 5.74) is 1.95. The number of carbonyl (C=O) groups excluding carboxylic acids is 3. The van der Waals surface area contributed by atoms with E-state index in [0.717, 1.165) is 22.2 Å². The first kappa shape index (κ1) is 23.2. The minimum Gasteiger partial charge on any atom is -0.493 e. The van der Waals surface area contributed by atoms with E-state index in [1.807, 2.05) is 6.07 Å². The second kappa shape index (κ2) is 9.92. The summed E-state index contributed by atoms with van der Waals surface area (Å²) in [5, 5.41) is 2.14. The first-order valence-corrected chi connectivity index (χ1v) is 11.1. The lowest BCUT2D eigenvalue weighted by Gasteiger charge is -2.14. The van der Waals surface area contributed by atoms with Gasteiger partial charge in [0.15, 0.2) is 23.0 Å². The molecule has 0 saturated carbocycles. The predicted molar refractivity (Wildman–Crippen MR) is 127 cm³/mol. The first-order valence-electron chi connectivity index (χ1n) is 10.2. The van der Waals surface area contributed by atoms with Gasteiger partial charge < -0.3 is 24.3 Å². The molecule has 0 spiro atoms. The lowest BCUT2D eigenvalue weighted by molar-refractivity contribution is -0.127. The SMILES string of the molecule is C=CCc1cc(/C=C2\SC(=O)N(CC(=O)Nc3ccc4c(c3)OCO4)C2=O)cc(OC)c1OC. The molecule has 0 aromatic heterocycles. The van der Waals surface area contributed by atoms with Crippen molar-refractivity contribution in [3.63, 3.8) is 0 Å². The molecule has 34 heavy (non-hydrogen) atoms. The highest BCUT2D eigenvalue weighted by molar-refractivity contribution is 8.18. The molecular weight excluding hydrogens is 460 g/mol. The summed E-state index contributed by atoms with van der Waals surface area (Å²) < 4.78 is 21.4. The van der Waals surface area contributed by atoms with Gasteiger partial charge in [-0.3, -0.25) is 19.3 Å². The molecule has 176 valence electrons. The number of rotatable bonds is 8. The van der Waals surface area contributed by atoms with E-state index in [-0.39, 0.29) is 11.7 Å². The summed E-state index contributed by atoms with van der Waals surface area (Å²) in [6.07, 6.45) is 3.85. The third-order valence-corrected chi connectivity index (χ3v) is 5.98. The Balaban J connectivity index is 1.49. The fourth-order valence-corrected chi connectivity index (χ4v) is 4.40. The number of nitrogens with one attached hydrogen (secondary N) is 1. The number of amides is 3. The van der Waals surface area contributed by atoms with Crippen molar-refractivity contribution in [2.45, 2.75) is 6.42 Å². The molecule has 9 nitrogen and oxygen atoms in total. The highest BCUT2D eigenvalue weighted by Gasteiger charge is 2.36. The fourth-order valence-electron chi connectivity index (χ4n) is 3.56. The van der Waals surface area contributed by atoms with E-state index in [4.69, 9.17) is 18.9 Å². The van der Waals surface area contributed by atoms with Crippen molar-refractivity contribution < 1.29 is 33.3 Å². The Morgan fingerprint density at radius 2 is 1.97 bits per heavy atom. The molecule has 2 aromatic carbocycles. The van der Waals surface area contributed by atoms with Crippen LogP contribution in [0.15, 0.2) is 47.9 Å². The molecule has 0 bridgehead atoms. The van der Waals surface area contributed by atoms with Gasteiger partial charge in [-0.15, -0.1) is 6.58 Å². The lowest BCUT2D eigenvalue weighted by atomic mass is 10.0. The quantitative estimate of drug-likeness (QED) is 0.447. The van der Waals surface area contributed by atoms with E-state index in [0.29, 0.717) is 40.7 Å². The summed E-state index contributed by atoms with van der Waals surface area (Å²) in [6.45, 7) is 3.46. The van der Waals surface area contributed by atoms with Gasteiger partial charge in [0.25, 0.3) is 11.1 Å². The van der Waals surface area contributed by atoms with Crippen LogP contribution in [0.5, 0.6) is 23.0 Å². The van der Waals surface area contributed by atoms with Crippen LogP contribution >= 0.6 is 11.8 Å². The summed E-state index contributed by atoms with van der Waals surface area (Å²) in [4.78, 5) is 39.0. The lowest BCUT2D eigenvalue weighted by Crippen LogP contribution is -2.36.